The molecule has 0 spiro atoms. The van der Waals surface area contributed by atoms with E-state index in [-0.39, 0.29) is 10.2 Å². The zero-order valence-electron chi connectivity index (χ0n) is 8.71. The summed E-state index contributed by atoms with van der Waals surface area (Å²) < 4.78 is 0. The highest BCUT2D eigenvalue weighted by molar-refractivity contribution is 9.09. The van der Waals surface area contributed by atoms with E-state index in [1.165, 1.54) is 0 Å². The molecule has 3 heteroatoms. The lowest BCUT2D eigenvalue weighted by atomic mass is 9.63. The number of aliphatic hydroxyl groups is 2. The Morgan fingerprint density at radius 1 is 1.15 bits per heavy atom. The molecule has 0 amide bonds. The first-order chi connectivity index (χ1) is 5.69. The minimum Gasteiger partial charge on any atom is -0.392 e. The van der Waals surface area contributed by atoms with E-state index >= 15 is 0 Å². The summed E-state index contributed by atoms with van der Waals surface area (Å²) in [6, 6.07) is 0. The van der Waals surface area contributed by atoms with Crippen LogP contribution in [0.4, 0.5) is 0 Å². The van der Waals surface area contributed by atoms with Crippen LogP contribution in [-0.2, 0) is 0 Å². The van der Waals surface area contributed by atoms with Gasteiger partial charge in [-0.2, -0.15) is 0 Å². The molecule has 0 aromatic carbocycles. The lowest BCUT2D eigenvalue weighted by Gasteiger charge is -2.50. The van der Waals surface area contributed by atoms with Gasteiger partial charge < -0.3 is 10.2 Å². The van der Waals surface area contributed by atoms with Crippen LogP contribution in [0.15, 0.2) is 0 Å². The Hall–Kier alpha value is 0.400. The molecule has 0 aliphatic heterocycles. The fourth-order valence-electron chi connectivity index (χ4n) is 1.88. The predicted octanol–water partition coefficient (Wildman–Crippen LogP) is 1.93. The van der Waals surface area contributed by atoms with E-state index in [0.717, 1.165) is 6.42 Å². The Bertz CT molecular complexity index is 201. The summed E-state index contributed by atoms with van der Waals surface area (Å²) in [5.41, 5.74) is -0.460. The van der Waals surface area contributed by atoms with Crippen LogP contribution in [0, 0.1) is 10.8 Å². The van der Waals surface area contributed by atoms with Crippen molar-refractivity contribution in [3.8, 4) is 0 Å². The zero-order chi connectivity index (χ0) is 10.4. The molecule has 1 saturated carbocycles. The van der Waals surface area contributed by atoms with Crippen LogP contribution in [0.1, 0.15) is 34.1 Å². The maximum Gasteiger partial charge on any atom is 0.0745 e. The Balaban J connectivity index is 2.93. The third kappa shape index (κ3) is 1.79. The molecule has 0 aromatic heterocycles. The summed E-state index contributed by atoms with van der Waals surface area (Å²) >= 11 is 3.52. The van der Waals surface area contributed by atoms with Crippen molar-refractivity contribution in [3.05, 3.63) is 0 Å². The molecule has 0 saturated heterocycles. The molecule has 1 aliphatic carbocycles. The van der Waals surface area contributed by atoms with Gasteiger partial charge in [0.05, 0.1) is 12.2 Å². The lowest BCUT2D eigenvalue weighted by molar-refractivity contribution is -0.109. The minimum absolute atomic E-state index is 0.0473. The molecule has 3 atom stereocenters. The molecular weight excluding hydrogens is 232 g/mol. The van der Waals surface area contributed by atoms with E-state index in [2.05, 4.69) is 29.8 Å². The normalized spacial score (nSPS) is 43.2. The van der Waals surface area contributed by atoms with Crippen LogP contribution >= 0.6 is 15.9 Å². The third-order valence-electron chi connectivity index (χ3n) is 3.36. The Labute approximate surface area is 88.5 Å². The van der Waals surface area contributed by atoms with Gasteiger partial charge in [-0.1, -0.05) is 43.6 Å². The topological polar surface area (TPSA) is 40.5 Å². The highest BCUT2D eigenvalue weighted by Crippen LogP contribution is 2.48. The maximum atomic E-state index is 10.0. The average Bonchev–Trinajstić information content (AvgIpc) is 1.98. The summed E-state index contributed by atoms with van der Waals surface area (Å²) in [4.78, 5) is 0.0541. The molecule has 13 heavy (non-hydrogen) atoms. The van der Waals surface area contributed by atoms with E-state index < -0.39 is 17.6 Å². The molecule has 2 N–H and O–H groups in total. The molecule has 0 aromatic rings. The van der Waals surface area contributed by atoms with E-state index in [9.17, 15) is 10.2 Å². The van der Waals surface area contributed by atoms with Gasteiger partial charge in [-0.3, -0.25) is 0 Å². The van der Waals surface area contributed by atoms with Crippen LogP contribution < -0.4 is 0 Å². The van der Waals surface area contributed by atoms with Crippen LogP contribution in [0.5, 0.6) is 0 Å². The minimum atomic E-state index is -0.494. The Morgan fingerprint density at radius 2 is 1.62 bits per heavy atom. The molecule has 2 nitrogen and oxygen atoms in total. The number of hydrogen-bond acceptors (Lipinski definition) is 2. The summed E-state index contributed by atoms with van der Waals surface area (Å²) in [5, 5.41) is 19.9. The monoisotopic (exact) mass is 250 g/mol. The fourth-order valence-corrected chi connectivity index (χ4v) is 2.74. The first-order valence-electron chi connectivity index (χ1n) is 4.70. The maximum absolute atomic E-state index is 10.0. The summed E-state index contributed by atoms with van der Waals surface area (Å²) in [6.45, 7) is 7.94. The summed E-state index contributed by atoms with van der Waals surface area (Å²) in [5.74, 6) is 0. The molecule has 0 bridgehead atoms. The van der Waals surface area contributed by atoms with Crippen molar-refractivity contribution in [2.75, 3.05) is 0 Å². The zero-order valence-corrected chi connectivity index (χ0v) is 10.3. The van der Waals surface area contributed by atoms with Gasteiger partial charge in [0.2, 0.25) is 0 Å². The molecule has 0 unspecified atom stereocenters. The number of hydrogen-bond donors (Lipinski definition) is 2. The van der Waals surface area contributed by atoms with E-state index in [0.29, 0.717) is 0 Å². The molecule has 78 valence electrons. The van der Waals surface area contributed by atoms with Crippen molar-refractivity contribution >= 4 is 15.9 Å². The molecule has 0 radical (unpaired) electrons. The molecule has 1 rings (SSSR count). The third-order valence-corrected chi connectivity index (χ3v) is 5.10. The van der Waals surface area contributed by atoms with Gasteiger partial charge in [0, 0.05) is 10.2 Å². The second-order valence-corrected chi connectivity index (χ2v) is 6.36. The fraction of sp³-hybridized carbons (Fsp3) is 1.00. The first kappa shape index (κ1) is 11.5. The number of alkyl halides is 1. The molecule has 1 aliphatic rings. The number of halogens is 1. The first-order valence-corrected chi connectivity index (χ1v) is 5.61. The van der Waals surface area contributed by atoms with E-state index in [1.807, 2.05) is 13.8 Å². The van der Waals surface area contributed by atoms with Gasteiger partial charge in [0.25, 0.3) is 0 Å². The van der Waals surface area contributed by atoms with Gasteiger partial charge in [-0.15, -0.1) is 0 Å². The van der Waals surface area contributed by atoms with Gasteiger partial charge in [-0.05, 0) is 11.8 Å². The Morgan fingerprint density at radius 3 is 2.08 bits per heavy atom. The van der Waals surface area contributed by atoms with Gasteiger partial charge in [-0.25, -0.2) is 0 Å². The van der Waals surface area contributed by atoms with Crippen molar-refractivity contribution in [2.24, 2.45) is 10.8 Å². The van der Waals surface area contributed by atoms with Crippen molar-refractivity contribution in [3.63, 3.8) is 0 Å². The van der Waals surface area contributed by atoms with Crippen molar-refractivity contribution in [1.29, 1.82) is 0 Å². The van der Waals surface area contributed by atoms with E-state index in [1.54, 1.807) is 0 Å². The SMILES string of the molecule is CC1(C)C[C@H](O)C(C)(C)[C@H](O)[C@H]1Br. The smallest absolute Gasteiger partial charge is 0.0745 e. The van der Waals surface area contributed by atoms with Crippen LogP contribution in [0.25, 0.3) is 0 Å². The predicted molar refractivity (Wildman–Crippen MR) is 56.9 cm³/mol. The van der Waals surface area contributed by atoms with Crippen LogP contribution in [0.2, 0.25) is 0 Å². The summed E-state index contributed by atoms with van der Waals surface area (Å²) in [7, 11) is 0. The molecule has 0 heterocycles. The highest BCUT2D eigenvalue weighted by Gasteiger charge is 2.50. The van der Waals surface area contributed by atoms with Crippen LogP contribution in [-0.4, -0.2) is 27.2 Å². The molecular formula is C10H19BrO2. The standard InChI is InChI=1S/C10H19BrO2/c1-9(2)5-6(12)10(3,4)8(13)7(9)11/h6-8,12-13H,5H2,1-4H3/t6-,7+,8+/m0/s1. The number of rotatable bonds is 0. The van der Waals surface area contributed by atoms with Crippen molar-refractivity contribution in [2.45, 2.75) is 51.2 Å². The van der Waals surface area contributed by atoms with Gasteiger partial charge >= 0.3 is 0 Å². The second-order valence-electron chi connectivity index (χ2n) is 5.38. The van der Waals surface area contributed by atoms with Crippen molar-refractivity contribution in [1.82, 2.24) is 0 Å². The quantitative estimate of drug-likeness (QED) is 0.646. The number of aliphatic hydroxyl groups excluding tert-OH is 2. The van der Waals surface area contributed by atoms with E-state index in [4.69, 9.17) is 0 Å². The lowest BCUT2D eigenvalue weighted by Crippen LogP contribution is -2.56. The molecule has 1 fully saturated rings. The summed E-state index contributed by atoms with van der Waals surface area (Å²) in [6.07, 6.45) is -0.190. The van der Waals surface area contributed by atoms with Gasteiger partial charge in [0.1, 0.15) is 0 Å². The van der Waals surface area contributed by atoms with Gasteiger partial charge in [0.15, 0.2) is 0 Å². The average molecular weight is 251 g/mol. The van der Waals surface area contributed by atoms with Crippen LogP contribution in [0.3, 0.4) is 0 Å². The highest BCUT2D eigenvalue weighted by atomic mass is 79.9. The second kappa shape index (κ2) is 3.21. The Kier molecular flexibility index (Phi) is 2.83. The largest absolute Gasteiger partial charge is 0.392 e. The van der Waals surface area contributed by atoms with Crippen molar-refractivity contribution < 1.29 is 10.2 Å².